The number of rotatable bonds is 4. The van der Waals surface area contributed by atoms with Gasteiger partial charge in [0.15, 0.2) is 0 Å². The van der Waals surface area contributed by atoms with Gasteiger partial charge in [-0.05, 0) is 79.0 Å². The van der Waals surface area contributed by atoms with Crippen LogP contribution >= 0.6 is 0 Å². The minimum atomic E-state index is 0.746. The predicted molar refractivity (Wildman–Crippen MR) is 112 cm³/mol. The van der Waals surface area contributed by atoms with Crippen molar-refractivity contribution < 1.29 is 0 Å². The fourth-order valence-corrected chi connectivity index (χ4v) is 3.32. The fourth-order valence-electron chi connectivity index (χ4n) is 3.32. The van der Waals surface area contributed by atoms with Crippen molar-refractivity contribution in [3.63, 3.8) is 0 Å². The maximum Gasteiger partial charge on any atom is 0.0366 e. The Balaban J connectivity index is 2.01. The lowest BCUT2D eigenvalue weighted by Crippen LogP contribution is -2.09. The molecule has 0 saturated carbocycles. The first-order valence-corrected chi connectivity index (χ1v) is 8.91. The number of hydrogen-bond donors (Lipinski definition) is 0. The summed E-state index contributed by atoms with van der Waals surface area (Å²) in [6.45, 7) is 8.46. The number of aromatic nitrogens is 1. The molecule has 1 heterocycles. The predicted octanol–water partition coefficient (Wildman–Crippen LogP) is 6.39. The summed E-state index contributed by atoms with van der Waals surface area (Å²) in [4.78, 5) is 6.97. The van der Waals surface area contributed by atoms with Crippen LogP contribution in [0.5, 0.6) is 0 Å². The van der Waals surface area contributed by atoms with Gasteiger partial charge in [0.2, 0.25) is 0 Å². The van der Waals surface area contributed by atoms with E-state index in [1.54, 1.807) is 0 Å². The Kier molecular flexibility index (Phi) is 4.99. The third-order valence-corrected chi connectivity index (χ3v) is 4.69. The molecule has 1 aromatic heterocycles. The molecular formula is C23H26N3-. The van der Waals surface area contributed by atoms with Gasteiger partial charge < -0.3 is 15.2 Å². The number of hydrogen-bond acceptors (Lipinski definition) is 2. The molecule has 3 heteroatoms. The Morgan fingerprint density at radius 2 is 1.35 bits per heavy atom. The van der Waals surface area contributed by atoms with Crippen LogP contribution in [-0.2, 0) is 0 Å². The van der Waals surface area contributed by atoms with Crippen LogP contribution in [0.4, 0.5) is 17.2 Å². The lowest BCUT2D eigenvalue weighted by molar-refractivity contribution is 1.12. The van der Waals surface area contributed by atoms with E-state index >= 15 is 0 Å². The number of benzene rings is 2. The maximum absolute atomic E-state index is 4.84. The molecule has 0 aliphatic carbocycles. The third kappa shape index (κ3) is 3.57. The molecule has 0 aliphatic heterocycles. The largest absolute Gasteiger partial charge is 0.436 e. The van der Waals surface area contributed by atoms with Crippen molar-refractivity contribution in [2.75, 3.05) is 19.0 Å². The molecule has 0 aliphatic rings. The molecule has 0 unspecified atom stereocenters. The zero-order valence-electron chi connectivity index (χ0n) is 16.5. The Morgan fingerprint density at radius 3 is 1.92 bits per heavy atom. The van der Waals surface area contributed by atoms with Gasteiger partial charge in [-0.3, -0.25) is 0 Å². The van der Waals surface area contributed by atoms with E-state index < -0.39 is 0 Å². The summed E-state index contributed by atoms with van der Waals surface area (Å²) in [5, 5.41) is 4.81. The molecule has 2 aromatic carbocycles. The number of anilines is 1. The summed E-state index contributed by atoms with van der Waals surface area (Å²) in [6.07, 6.45) is 0. The van der Waals surface area contributed by atoms with Gasteiger partial charge in [-0.1, -0.05) is 42.2 Å². The molecule has 134 valence electrons. The summed E-state index contributed by atoms with van der Waals surface area (Å²) in [5.74, 6) is 0.746. The number of para-hydroxylation sites is 1. The van der Waals surface area contributed by atoms with Gasteiger partial charge in [-0.25, -0.2) is 0 Å². The van der Waals surface area contributed by atoms with E-state index in [0.717, 1.165) is 17.2 Å². The van der Waals surface area contributed by atoms with E-state index in [2.05, 4.69) is 83.1 Å². The molecule has 0 bridgehead atoms. The highest BCUT2D eigenvalue weighted by Crippen LogP contribution is 2.36. The van der Waals surface area contributed by atoms with Crippen LogP contribution in [0, 0.1) is 27.7 Å². The van der Waals surface area contributed by atoms with Crippen LogP contribution in [0.3, 0.4) is 0 Å². The molecule has 0 atom stereocenters. The molecular weight excluding hydrogens is 318 g/mol. The van der Waals surface area contributed by atoms with Crippen LogP contribution in [0.15, 0.2) is 48.5 Å². The van der Waals surface area contributed by atoms with Crippen LogP contribution in [-0.4, -0.2) is 19.1 Å². The van der Waals surface area contributed by atoms with Gasteiger partial charge >= 0.3 is 0 Å². The Labute approximate surface area is 156 Å². The number of nitrogens with zero attached hydrogens (tertiary/aromatic N) is 3. The minimum absolute atomic E-state index is 0.746. The van der Waals surface area contributed by atoms with Gasteiger partial charge in [0, 0.05) is 19.8 Å². The second-order valence-corrected chi connectivity index (χ2v) is 7.08. The third-order valence-electron chi connectivity index (χ3n) is 4.69. The molecule has 0 spiro atoms. The van der Waals surface area contributed by atoms with Gasteiger partial charge in [-0.15, -0.1) is 0 Å². The Hall–Kier alpha value is -2.81. The first-order valence-electron chi connectivity index (χ1n) is 8.91. The number of aryl methyl sites for hydroxylation is 4. The van der Waals surface area contributed by atoms with Gasteiger partial charge in [0.25, 0.3) is 0 Å². The summed E-state index contributed by atoms with van der Waals surface area (Å²) >= 11 is 0. The van der Waals surface area contributed by atoms with Crippen molar-refractivity contribution in [2.45, 2.75) is 27.7 Å². The van der Waals surface area contributed by atoms with E-state index in [1.165, 1.54) is 33.5 Å². The standard InChI is InChI=1S/C23H26N3/c1-15-9-7-10-16(2)23(15)25-21-12-8-11-20(24-21)22-17(3)13-19(26(5)6)14-18(22)4/h7-14H,1-6H3/q-1. The fraction of sp³-hybridized carbons (Fsp3) is 0.261. The van der Waals surface area contributed by atoms with E-state index in [0.29, 0.717) is 0 Å². The van der Waals surface area contributed by atoms with E-state index in [1.807, 2.05) is 12.1 Å². The lowest BCUT2D eigenvalue weighted by atomic mass is 9.98. The molecule has 3 rings (SSSR count). The van der Waals surface area contributed by atoms with E-state index in [-0.39, 0.29) is 0 Å². The maximum atomic E-state index is 4.84. The molecule has 0 N–H and O–H groups in total. The highest BCUT2D eigenvalue weighted by molar-refractivity contribution is 5.75. The highest BCUT2D eigenvalue weighted by atomic mass is 15.1. The van der Waals surface area contributed by atoms with Gasteiger partial charge in [0.1, 0.15) is 0 Å². The van der Waals surface area contributed by atoms with Crippen molar-refractivity contribution in [3.8, 4) is 11.3 Å². The van der Waals surface area contributed by atoms with E-state index in [4.69, 9.17) is 10.3 Å². The van der Waals surface area contributed by atoms with Crippen molar-refractivity contribution in [1.82, 2.24) is 4.98 Å². The van der Waals surface area contributed by atoms with Crippen molar-refractivity contribution >= 4 is 17.2 Å². The molecule has 3 aromatic rings. The van der Waals surface area contributed by atoms with Crippen LogP contribution in [0.25, 0.3) is 16.6 Å². The number of pyridine rings is 1. The minimum Gasteiger partial charge on any atom is -0.436 e. The molecule has 0 saturated heterocycles. The zero-order chi connectivity index (χ0) is 18.8. The van der Waals surface area contributed by atoms with E-state index in [9.17, 15) is 0 Å². The van der Waals surface area contributed by atoms with Crippen LogP contribution in [0.1, 0.15) is 22.3 Å². The van der Waals surface area contributed by atoms with Crippen molar-refractivity contribution in [1.29, 1.82) is 0 Å². The monoisotopic (exact) mass is 344 g/mol. The normalized spacial score (nSPS) is 10.7. The lowest BCUT2D eigenvalue weighted by Gasteiger charge is -2.23. The first kappa shape index (κ1) is 18.0. The molecule has 26 heavy (non-hydrogen) atoms. The average molecular weight is 344 g/mol. The summed E-state index contributed by atoms with van der Waals surface area (Å²) in [7, 11) is 4.13. The SMILES string of the molecule is Cc1cccc(C)c1[N-]c1cccc(-c2c(C)cc(N(C)C)cc2C)n1. The average Bonchev–Trinajstić information content (AvgIpc) is 2.58. The van der Waals surface area contributed by atoms with Gasteiger partial charge in [-0.2, -0.15) is 0 Å². The molecule has 0 fully saturated rings. The van der Waals surface area contributed by atoms with Crippen LogP contribution in [0.2, 0.25) is 0 Å². The Bertz CT molecular complexity index is 899. The molecule has 0 amide bonds. The summed E-state index contributed by atoms with van der Waals surface area (Å²) in [6, 6.07) is 16.7. The van der Waals surface area contributed by atoms with Crippen LogP contribution < -0.4 is 4.90 Å². The quantitative estimate of drug-likeness (QED) is 0.549. The highest BCUT2D eigenvalue weighted by Gasteiger charge is 2.07. The van der Waals surface area contributed by atoms with Crippen molar-refractivity contribution in [3.05, 3.63) is 76.1 Å². The zero-order valence-corrected chi connectivity index (χ0v) is 16.5. The van der Waals surface area contributed by atoms with Gasteiger partial charge in [0.05, 0.1) is 0 Å². The summed E-state index contributed by atoms with van der Waals surface area (Å²) in [5.41, 5.74) is 9.16. The smallest absolute Gasteiger partial charge is 0.0366 e. The second-order valence-electron chi connectivity index (χ2n) is 7.08. The Morgan fingerprint density at radius 1 is 0.769 bits per heavy atom. The topological polar surface area (TPSA) is 30.2 Å². The van der Waals surface area contributed by atoms with Crippen molar-refractivity contribution in [2.24, 2.45) is 0 Å². The second kappa shape index (κ2) is 7.20. The molecule has 3 nitrogen and oxygen atoms in total. The summed E-state index contributed by atoms with van der Waals surface area (Å²) < 4.78 is 0. The first-order chi connectivity index (χ1) is 12.4. The molecule has 0 radical (unpaired) electrons.